The van der Waals surface area contributed by atoms with Gasteiger partial charge >= 0.3 is 0 Å². The van der Waals surface area contributed by atoms with Gasteiger partial charge in [0.25, 0.3) is 10.0 Å². The summed E-state index contributed by atoms with van der Waals surface area (Å²) in [4.78, 5) is 0.329. The van der Waals surface area contributed by atoms with Crippen molar-refractivity contribution in [2.75, 3.05) is 4.72 Å². The van der Waals surface area contributed by atoms with Gasteiger partial charge in [0.05, 0.1) is 27.9 Å². The number of hydrogen-bond acceptors (Lipinski definition) is 5. The molecule has 3 heterocycles. The third kappa shape index (κ3) is 3.62. The summed E-state index contributed by atoms with van der Waals surface area (Å²) in [5, 5.41) is 20.6. The molecule has 3 aromatic rings. The number of sulfonamides is 1. The van der Waals surface area contributed by atoms with Gasteiger partial charge in [0, 0.05) is 11.8 Å². The van der Waals surface area contributed by atoms with Crippen LogP contribution in [0.25, 0.3) is 16.8 Å². The molecule has 0 bridgehead atoms. The fourth-order valence-electron chi connectivity index (χ4n) is 3.45. The first-order valence-electron chi connectivity index (χ1n) is 9.54. The molecule has 154 valence electrons. The molecule has 1 aliphatic carbocycles. The fourth-order valence-corrected chi connectivity index (χ4v) is 4.63. The van der Waals surface area contributed by atoms with Gasteiger partial charge in [-0.25, -0.2) is 12.9 Å². The summed E-state index contributed by atoms with van der Waals surface area (Å²) in [6, 6.07) is 6.99. The first-order chi connectivity index (χ1) is 14.2. The second kappa shape index (κ2) is 7.15. The molecule has 0 saturated carbocycles. The number of aromatic nitrogens is 4. The van der Waals surface area contributed by atoms with Gasteiger partial charge in [0.2, 0.25) is 0 Å². The molecule has 0 aromatic carbocycles. The summed E-state index contributed by atoms with van der Waals surface area (Å²) in [6.07, 6.45) is 8.01. The Morgan fingerprint density at radius 3 is 2.63 bits per heavy atom. The maximum atomic E-state index is 13.0. The summed E-state index contributed by atoms with van der Waals surface area (Å²) >= 11 is 0. The van der Waals surface area contributed by atoms with Gasteiger partial charge < -0.3 is 0 Å². The smallest absolute Gasteiger partial charge is 0.259 e. The van der Waals surface area contributed by atoms with Crippen LogP contribution in [0.4, 0.5) is 5.82 Å². The van der Waals surface area contributed by atoms with Crippen LogP contribution in [-0.2, 0) is 10.0 Å². The summed E-state index contributed by atoms with van der Waals surface area (Å²) < 4.78 is 30.1. The van der Waals surface area contributed by atoms with Crippen molar-refractivity contribution in [3.05, 3.63) is 58.8 Å². The average Bonchev–Trinajstić information content (AvgIpc) is 3.37. The zero-order valence-electron chi connectivity index (χ0n) is 17.0. The molecule has 0 fully saturated rings. The van der Waals surface area contributed by atoms with Crippen LogP contribution in [0.15, 0.2) is 53.2 Å². The van der Waals surface area contributed by atoms with Crippen molar-refractivity contribution >= 4 is 21.4 Å². The normalized spacial score (nSPS) is 14.9. The topological polar surface area (TPSA) is 116 Å². The van der Waals surface area contributed by atoms with Crippen molar-refractivity contribution in [2.24, 2.45) is 5.41 Å². The standard InChI is InChI=1S/C21H22N6O2S/c1-21(2,3)16-5-7-17(8-6-16)30(28,29)26-20-9-4-14(11-22)19-10-18(25-27(19)20)15-12-23-24-13-15/h4-5,7,9-10,12-13,26H,6,8H2,1-3H3,(H,23,24). The fraction of sp³-hybridized carbons (Fsp3) is 0.286. The van der Waals surface area contributed by atoms with Crippen molar-refractivity contribution in [2.45, 2.75) is 33.6 Å². The number of fused-ring (bicyclic) bond motifs is 1. The predicted octanol–water partition coefficient (Wildman–Crippen LogP) is 3.99. The molecule has 0 saturated heterocycles. The first-order valence-corrected chi connectivity index (χ1v) is 11.0. The Kier molecular flexibility index (Phi) is 4.74. The SMILES string of the molecule is CC(C)(C)C1=CC=C(S(=O)(=O)Nc2ccc(C#N)c3cc(-c4cn[nH]c4)nn23)CC1. The average molecular weight is 423 g/mol. The van der Waals surface area contributed by atoms with Gasteiger partial charge in [-0.05, 0) is 42.5 Å². The van der Waals surface area contributed by atoms with E-state index in [-0.39, 0.29) is 11.2 Å². The molecular formula is C21H22N6O2S. The highest BCUT2D eigenvalue weighted by Crippen LogP contribution is 2.34. The molecule has 0 radical (unpaired) electrons. The van der Waals surface area contributed by atoms with E-state index in [0.29, 0.717) is 34.5 Å². The highest BCUT2D eigenvalue weighted by Gasteiger charge is 2.25. The Labute approximate surface area is 175 Å². The molecule has 0 unspecified atom stereocenters. The lowest BCUT2D eigenvalue weighted by Gasteiger charge is -2.26. The summed E-state index contributed by atoms with van der Waals surface area (Å²) in [5.41, 5.74) is 3.47. The lowest BCUT2D eigenvalue weighted by atomic mass is 9.82. The Hall–Kier alpha value is -3.38. The maximum absolute atomic E-state index is 13.0. The Morgan fingerprint density at radius 1 is 1.23 bits per heavy atom. The van der Waals surface area contributed by atoms with Crippen LogP contribution in [0.1, 0.15) is 39.2 Å². The number of nitrogens with zero attached hydrogens (tertiary/aromatic N) is 4. The molecule has 0 aliphatic heterocycles. The second-order valence-electron chi connectivity index (χ2n) is 8.24. The highest BCUT2D eigenvalue weighted by molar-refractivity contribution is 7.96. The van der Waals surface area contributed by atoms with E-state index in [4.69, 9.17) is 0 Å². The number of allylic oxidation sites excluding steroid dienone is 4. The molecule has 0 spiro atoms. The number of rotatable bonds is 4. The van der Waals surface area contributed by atoms with E-state index in [2.05, 4.69) is 46.9 Å². The largest absolute Gasteiger partial charge is 0.285 e. The van der Waals surface area contributed by atoms with Crippen molar-refractivity contribution < 1.29 is 8.42 Å². The van der Waals surface area contributed by atoms with Gasteiger partial charge in [-0.2, -0.15) is 15.5 Å². The molecule has 2 N–H and O–H groups in total. The number of nitrogens with one attached hydrogen (secondary N) is 2. The molecule has 3 aromatic heterocycles. The first kappa shape index (κ1) is 19.9. The van der Waals surface area contributed by atoms with E-state index in [1.54, 1.807) is 36.7 Å². The van der Waals surface area contributed by atoms with Gasteiger partial charge in [-0.15, -0.1) is 0 Å². The van der Waals surface area contributed by atoms with Crippen LogP contribution in [0.5, 0.6) is 0 Å². The summed E-state index contributed by atoms with van der Waals surface area (Å²) in [5.74, 6) is 0.269. The third-order valence-electron chi connectivity index (χ3n) is 5.19. The number of aromatic amines is 1. The highest BCUT2D eigenvalue weighted by atomic mass is 32.2. The lowest BCUT2D eigenvalue weighted by molar-refractivity contribution is 0.480. The van der Waals surface area contributed by atoms with Crippen LogP contribution in [0.3, 0.4) is 0 Å². The van der Waals surface area contributed by atoms with E-state index in [9.17, 15) is 13.7 Å². The minimum absolute atomic E-state index is 0.0110. The van der Waals surface area contributed by atoms with Gasteiger partial charge in [-0.1, -0.05) is 32.4 Å². The van der Waals surface area contributed by atoms with Gasteiger partial charge in [-0.3, -0.25) is 9.82 Å². The number of pyridine rings is 1. The minimum atomic E-state index is -3.76. The monoisotopic (exact) mass is 422 g/mol. The molecular weight excluding hydrogens is 400 g/mol. The molecule has 8 nitrogen and oxygen atoms in total. The van der Waals surface area contributed by atoms with E-state index in [1.807, 2.05) is 6.08 Å². The number of nitriles is 1. The Morgan fingerprint density at radius 2 is 2.03 bits per heavy atom. The van der Waals surface area contributed by atoms with Gasteiger partial charge in [0.15, 0.2) is 0 Å². The minimum Gasteiger partial charge on any atom is -0.285 e. The summed E-state index contributed by atoms with van der Waals surface area (Å²) in [7, 11) is -3.76. The van der Waals surface area contributed by atoms with Crippen molar-refractivity contribution in [1.29, 1.82) is 5.26 Å². The molecule has 4 rings (SSSR count). The number of H-pyrrole nitrogens is 1. The van der Waals surface area contributed by atoms with Crippen LogP contribution < -0.4 is 4.72 Å². The van der Waals surface area contributed by atoms with Crippen molar-refractivity contribution in [3.63, 3.8) is 0 Å². The van der Waals surface area contributed by atoms with E-state index < -0.39 is 10.0 Å². The quantitative estimate of drug-likeness (QED) is 0.659. The summed E-state index contributed by atoms with van der Waals surface area (Å²) in [6.45, 7) is 6.35. The third-order valence-corrected chi connectivity index (χ3v) is 6.70. The predicted molar refractivity (Wildman–Crippen MR) is 115 cm³/mol. The van der Waals surface area contributed by atoms with Crippen LogP contribution in [0, 0.1) is 16.7 Å². The molecule has 1 aliphatic rings. The molecule has 30 heavy (non-hydrogen) atoms. The number of hydrogen-bond donors (Lipinski definition) is 2. The molecule has 9 heteroatoms. The molecule has 0 atom stereocenters. The van der Waals surface area contributed by atoms with Crippen LogP contribution in [0.2, 0.25) is 0 Å². The lowest BCUT2D eigenvalue weighted by Crippen LogP contribution is -2.20. The zero-order valence-corrected chi connectivity index (χ0v) is 17.8. The van der Waals surface area contributed by atoms with E-state index in [0.717, 1.165) is 5.56 Å². The van der Waals surface area contributed by atoms with Crippen LogP contribution >= 0.6 is 0 Å². The van der Waals surface area contributed by atoms with E-state index in [1.165, 1.54) is 10.1 Å². The van der Waals surface area contributed by atoms with Crippen LogP contribution in [-0.4, -0.2) is 28.2 Å². The second-order valence-corrected chi connectivity index (χ2v) is 9.97. The number of anilines is 1. The van der Waals surface area contributed by atoms with Gasteiger partial charge in [0.1, 0.15) is 11.9 Å². The van der Waals surface area contributed by atoms with Crippen molar-refractivity contribution in [1.82, 2.24) is 19.8 Å². The Balaban J connectivity index is 1.73. The van der Waals surface area contributed by atoms with E-state index >= 15 is 0 Å². The zero-order chi connectivity index (χ0) is 21.5. The Bertz CT molecular complexity index is 1320. The maximum Gasteiger partial charge on any atom is 0.259 e. The van der Waals surface area contributed by atoms with Crippen molar-refractivity contribution in [3.8, 4) is 17.3 Å². The molecule has 0 amide bonds.